The topological polar surface area (TPSA) is 69.1 Å². The number of hydrogen-bond donors (Lipinski definition) is 1. The average Bonchev–Trinajstić information content (AvgIpc) is 3.07. The molecule has 2 heterocycles. The molecular formula is C20H16F3N3O3S. The normalized spacial score (nSPS) is 12.0. The number of ether oxygens (including phenoxy) is 2. The number of benzene rings is 2. The summed E-state index contributed by atoms with van der Waals surface area (Å²) in [7, 11) is 1.57. The van der Waals surface area contributed by atoms with Gasteiger partial charge < -0.3 is 14.5 Å². The van der Waals surface area contributed by atoms with Gasteiger partial charge in [0.1, 0.15) is 16.8 Å². The number of fused-ring (bicyclic) bond motifs is 3. The van der Waals surface area contributed by atoms with Gasteiger partial charge in [-0.25, -0.2) is 4.98 Å². The van der Waals surface area contributed by atoms with E-state index in [9.17, 15) is 18.0 Å². The number of H-pyrrole nitrogens is 1. The zero-order valence-electron chi connectivity index (χ0n) is 15.7. The van der Waals surface area contributed by atoms with Crippen molar-refractivity contribution in [2.45, 2.75) is 11.5 Å². The van der Waals surface area contributed by atoms with Gasteiger partial charge in [0.05, 0.1) is 12.3 Å². The molecule has 6 nitrogen and oxygen atoms in total. The van der Waals surface area contributed by atoms with Crippen LogP contribution < -0.4 is 10.3 Å². The van der Waals surface area contributed by atoms with Crippen molar-refractivity contribution in [2.75, 3.05) is 19.5 Å². The Morgan fingerprint density at radius 1 is 1.13 bits per heavy atom. The van der Waals surface area contributed by atoms with Crippen LogP contribution in [0.1, 0.15) is 0 Å². The number of methoxy groups -OCH3 is 1. The third kappa shape index (κ3) is 4.01. The zero-order valence-corrected chi connectivity index (χ0v) is 16.5. The molecule has 0 amide bonds. The minimum absolute atomic E-state index is 0.322. The van der Waals surface area contributed by atoms with Crippen LogP contribution in [0.15, 0.2) is 58.5 Å². The highest BCUT2D eigenvalue weighted by molar-refractivity contribution is 7.99. The molecule has 0 aliphatic heterocycles. The number of nitrogens with one attached hydrogen (secondary N) is 1. The first-order valence-corrected chi connectivity index (χ1v) is 9.87. The van der Waals surface area contributed by atoms with E-state index in [0.29, 0.717) is 34.2 Å². The number of thioether (sulfide) groups is 1. The van der Waals surface area contributed by atoms with Crippen molar-refractivity contribution in [2.24, 2.45) is 0 Å². The van der Waals surface area contributed by atoms with E-state index < -0.39 is 6.36 Å². The van der Waals surface area contributed by atoms with Gasteiger partial charge in [-0.2, -0.15) is 0 Å². The molecule has 1 N–H and O–H groups in total. The highest BCUT2D eigenvalue weighted by Crippen LogP contribution is 2.28. The quantitative estimate of drug-likeness (QED) is 0.274. The van der Waals surface area contributed by atoms with Gasteiger partial charge in [0.2, 0.25) is 0 Å². The molecule has 0 fully saturated rings. The summed E-state index contributed by atoms with van der Waals surface area (Å²) in [6.45, 7) is 0.449. The first-order chi connectivity index (χ1) is 14.4. The third-order valence-corrected chi connectivity index (χ3v) is 5.24. The SMILES string of the molecule is COCCSc1nc2c([nH]c3ccccc32)c(=O)n1-c1ccc(OC(F)(F)F)cc1. The number of para-hydroxylation sites is 1. The molecule has 2 aromatic heterocycles. The van der Waals surface area contributed by atoms with Gasteiger partial charge >= 0.3 is 6.36 Å². The molecule has 2 aromatic carbocycles. The lowest BCUT2D eigenvalue weighted by atomic mass is 10.2. The van der Waals surface area contributed by atoms with Crippen molar-refractivity contribution in [1.29, 1.82) is 0 Å². The van der Waals surface area contributed by atoms with Crippen molar-refractivity contribution < 1.29 is 22.6 Å². The third-order valence-electron chi connectivity index (χ3n) is 4.34. The second-order valence-electron chi connectivity index (χ2n) is 6.31. The Hall–Kier alpha value is -2.98. The second-order valence-corrected chi connectivity index (χ2v) is 7.37. The van der Waals surface area contributed by atoms with Crippen LogP contribution >= 0.6 is 11.8 Å². The van der Waals surface area contributed by atoms with Gasteiger partial charge in [0.15, 0.2) is 5.16 Å². The van der Waals surface area contributed by atoms with E-state index >= 15 is 0 Å². The molecule has 0 aliphatic carbocycles. The van der Waals surface area contributed by atoms with Crippen molar-refractivity contribution in [1.82, 2.24) is 14.5 Å². The van der Waals surface area contributed by atoms with Crippen molar-refractivity contribution >= 4 is 33.7 Å². The van der Waals surface area contributed by atoms with Crippen LogP contribution in [0, 0.1) is 0 Å². The van der Waals surface area contributed by atoms with Crippen LogP contribution in [0.3, 0.4) is 0 Å². The van der Waals surface area contributed by atoms with Crippen LogP contribution in [0.25, 0.3) is 27.6 Å². The highest BCUT2D eigenvalue weighted by Gasteiger charge is 2.31. The van der Waals surface area contributed by atoms with Gasteiger partial charge in [-0.1, -0.05) is 30.0 Å². The monoisotopic (exact) mass is 435 g/mol. The number of hydrogen-bond acceptors (Lipinski definition) is 5. The van der Waals surface area contributed by atoms with Gasteiger partial charge in [0, 0.05) is 23.8 Å². The Morgan fingerprint density at radius 3 is 2.57 bits per heavy atom. The van der Waals surface area contributed by atoms with Crippen LogP contribution in [-0.2, 0) is 4.74 Å². The summed E-state index contributed by atoms with van der Waals surface area (Å²) < 4.78 is 47.7. The highest BCUT2D eigenvalue weighted by atomic mass is 32.2. The maximum atomic E-state index is 13.3. The standard InChI is InChI=1S/C20H16F3N3O3S/c1-28-10-11-30-19-25-16-14-4-2-3-5-15(14)24-17(16)18(27)26(19)12-6-8-13(9-7-12)29-20(21,22)23/h2-9,24H,10-11H2,1H3. The van der Waals surface area contributed by atoms with E-state index in [-0.39, 0.29) is 11.3 Å². The lowest BCUT2D eigenvalue weighted by Crippen LogP contribution is -2.22. The largest absolute Gasteiger partial charge is 0.573 e. The first kappa shape index (κ1) is 20.3. The summed E-state index contributed by atoms with van der Waals surface area (Å²) in [5.41, 5.74) is 1.67. The van der Waals surface area contributed by atoms with E-state index in [1.165, 1.54) is 28.5 Å². The Balaban J connectivity index is 1.86. The van der Waals surface area contributed by atoms with Crippen molar-refractivity contribution in [3.8, 4) is 11.4 Å². The summed E-state index contributed by atoms with van der Waals surface area (Å²) >= 11 is 1.32. The fraction of sp³-hybridized carbons (Fsp3) is 0.200. The number of nitrogens with zero attached hydrogens (tertiary/aromatic N) is 2. The van der Waals surface area contributed by atoms with E-state index in [1.807, 2.05) is 24.3 Å². The zero-order chi connectivity index (χ0) is 21.3. The molecule has 30 heavy (non-hydrogen) atoms. The maximum absolute atomic E-state index is 13.3. The summed E-state index contributed by atoms with van der Waals surface area (Å²) in [4.78, 5) is 21.1. The van der Waals surface area contributed by atoms with Gasteiger partial charge in [-0.15, -0.1) is 13.2 Å². The summed E-state index contributed by atoms with van der Waals surface area (Å²) in [6, 6.07) is 12.5. The molecular weight excluding hydrogens is 419 g/mol. The molecule has 0 saturated carbocycles. The summed E-state index contributed by atoms with van der Waals surface area (Å²) in [5.74, 6) is 0.180. The lowest BCUT2D eigenvalue weighted by Gasteiger charge is -2.13. The number of rotatable bonds is 6. The van der Waals surface area contributed by atoms with Gasteiger partial charge in [-0.05, 0) is 30.3 Å². The van der Waals surface area contributed by atoms with Gasteiger partial charge in [0.25, 0.3) is 5.56 Å². The molecule has 0 aliphatic rings. The minimum Gasteiger partial charge on any atom is -0.406 e. The smallest absolute Gasteiger partial charge is 0.406 e. The second kappa shape index (κ2) is 8.04. The Morgan fingerprint density at radius 2 is 1.87 bits per heavy atom. The van der Waals surface area contributed by atoms with Crippen molar-refractivity contribution in [3.63, 3.8) is 0 Å². The average molecular weight is 435 g/mol. The minimum atomic E-state index is -4.79. The van der Waals surface area contributed by atoms with Crippen LogP contribution in [0.2, 0.25) is 0 Å². The predicted molar refractivity (Wildman–Crippen MR) is 108 cm³/mol. The molecule has 0 radical (unpaired) electrons. The lowest BCUT2D eigenvalue weighted by molar-refractivity contribution is -0.274. The van der Waals surface area contributed by atoms with Crippen LogP contribution in [0.5, 0.6) is 5.75 Å². The molecule has 4 aromatic rings. The molecule has 0 saturated heterocycles. The van der Waals surface area contributed by atoms with Crippen LogP contribution in [-0.4, -0.2) is 40.4 Å². The number of aromatic nitrogens is 3. The fourth-order valence-electron chi connectivity index (χ4n) is 3.08. The molecule has 0 unspecified atom stereocenters. The Kier molecular flexibility index (Phi) is 5.44. The fourth-order valence-corrected chi connectivity index (χ4v) is 3.99. The summed E-state index contributed by atoms with van der Waals surface area (Å²) in [5, 5.41) is 1.23. The number of halogens is 3. The summed E-state index contributed by atoms with van der Waals surface area (Å²) in [6.07, 6.45) is -4.79. The van der Waals surface area contributed by atoms with Gasteiger partial charge in [-0.3, -0.25) is 9.36 Å². The number of aromatic amines is 1. The number of alkyl halides is 3. The van der Waals surface area contributed by atoms with E-state index in [4.69, 9.17) is 4.74 Å². The Bertz CT molecular complexity index is 1250. The molecule has 10 heteroatoms. The molecule has 0 bridgehead atoms. The molecule has 0 spiro atoms. The first-order valence-electron chi connectivity index (χ1n) is 8.89. The van der Waals surface area contributed by atoms with Crippen molar-refractivity contribution in [3.05, 3.63) is 58.9 Å². The van der Waals surface area contributed by atoms with Crippen LogP contribution in [0.4, 0.5) is 13.2 Å². The predicted octanol–water partition coefficient (Wildman–Crippen LogP) is 4.50. The maximum Gasteiger partial charge on any atom is 0.573 e. The Labute approximate surface area is 172 Å². The molecule has 4 rings (SSSR count). The molecule has 156 valence electrons. The molecule has 0 atom stereocenters. The van der Waals surface area contributed by atoms with E-state index in [2.05, 4.69) is 14.7 Å². The van der Waals surface area contributed by atoms with E-state index in [1.54, 1.807) is 7.11 Å². The van der Waals surface area contributed by atoms with E-state index in [0.717, 1.165) is 23.0 Å².